The number of aromatic nitrogens is 2. The third-order valence-electron chi connectivity index (χ3n) is 3.39. The van der Waals surface area contributed by atoms with Gasteiger partial charge in [0.1, 0.15) is 5.82 Å². The summed E-state index contributed by atoms with van der Waals surface area (Å²) in [5.41, 5.74) is 0. The Balaban J connectivity index is 2.04. The van der Waals surface area contributed by atoms with E-state index in [1.165, 1.54) is 10.5 Å². The largest absolute Gasteiger partial charge is 0.332 e. The minimum atomic E-state index is -3.58. The van der Waals surface area contributed by atoms with Crippen molar-refractivity contribution in [3.63, 3.8) is 0 Å². The molecule has 1 aliphatic rings. The Hall–Kier alpha value is -0.970. The van der Waals surface area contributed by atoms with Crippen LogP contribution in [0.5, 0.6) is 0 Å². The molecule has 1 saturated heterocycles. The molecule has 0 saturated carbocycles. The highest BCUT2D eigenvalue weighted by molar-refractivity contribution is 7.89. The zero-order valence-electron chi connectivity index (χ0n) is 12.0. The molecule has 0 bridgehead atoms. The molecule has 1 aliphatic heterocycles. The summed E-state index contributed by atoms with van der Waals surface area (Å²) in [4.78, 5) is 6.80. The van der Waals surface area contributed by atoms with E-state index < -0.39 is 20.0 Å². The number of hydrogen-bond acceptors (Lipinski definition) is 5. The monoisotopic (exact) mass is 336 g/mol. The highest BCUT2D eigenvalue weighted by Gasteiger charge is 2.31. The zero-order valence-corrected chi connectivity index (χ0v) is 13.7. The third kappa shape index (κ3) is 4.02. The molecular weight excluding hydrogens is 316 g/mol. The number of piperidine rings is 1. The van der Waals surface area contributed by atoms with Gasteiger partial charge in [-0.3, -0.25) is 0 Å². The van der Waals surface area contributed by atoms with Gasteiger partial charge >= 0.3 is 0 Å². The first-order chi connectivity index (χ1) is 9.72. The van der Waals surface area contributed by atoms with Crippen molar-refractivity contribution in [2.24, 2.45) is 0 Å². The molecule has 120 valence electrons. The summed E-state index contributed by atoms with van der Waals surface area (Å²) in [5, 5.41) is 0.0915. The Morgan fingerprint density at radius 1 is 1.33 bits per heavy atom. The van der Waals surface area contributed by atoms with E-state index in [9.17, 15) is 16.8 Å². The first kappa shape index (κ1) is 16.4. The number of sulfonamides is 2. The van der Waals surface area contributed by atoms with Crippen LogP contribution in [0.2, 0.25) is 0 Å². The van der Waals surface area contributed by atoms with Gasteiger partial charge < -0.3 is 4.98 Å². The van der Waals surface area contributed by atoms with Crippen molar-refractivity contribution in [1.29, 1.82) is 0 Å². The van der Waals surface area contributed by atoms with E-state index in [0.717, 1.165) is 6.26 Å². The molecule has 2 heterocycles. The predicted molar refractivity (Wildman–Crippen MR) is 77.7 cm³/mol. The van der Waals surface area contributed by atoms with Crippen molar-refractivity contribution in [3.05, 3.63) is 12.0 Å². The van der Waals surface area contributed by atoms with E-state index in [1.54, 1.807) is 0 Å². The van der Waals surface area contributed by atoms with Crippen molar-refractivity contribution < 1.29 is 16.8 Å². The van der Waals surface area contributed by atoms with Crippen LogP contribution in [0.1, 0.15) is 25.6 Å². The lowest BCUT2D eigenvalue weighted by Gasteiger charge is -2.30. The van der Waals surface area contributed by atoms with Crippen molar-refractivity contribution in [2.75, 3.05) is 19.3 Å². The fourth-order valence-electron chi connectivity index (χ4n) is 2.31. The SMILES string of the molecule is CCc1ncc(S(=O)(=O)N2CCC(NS(C)(=O)=O)CC2)[nH]1. The highest BCUT2D eigenvalue weighted by atomic mass is 32.2. The maximum Gasteiger partial charge on any atom is 0.260 e. The maximum absolute atomic E-state index is 12.4. The first-order valence-corrected chi connectivity index (χ1v) is 10.1. The molecule has 0 atom stereocenters. The highest BCUT2D eigenvalue weighted by Crippen LogP contribution is 2.20. The third-order valence-corrected chi connectivity index (χ3v) is 5.96. The van der Waals surface area contributed by atoms with Crippen molar-refractivity contribution in [2.45, 2.75) is 37.3 Å². The first-order valence-electron chi connectivity index (χ1n) is 6.73. The minimum absolute atomic E-state index is 0.0915. The van der Waals surface area contributed by atoms with Gasteiger partial charge in [0.15, 0.2) is 5.03 Å². The van der Waals surface area contributed by atoms with Crippen LogP contribution < -0.4 is 4.72 Å². The van der Waals surface area contributed by atoms with Crippen LogP contribution in [-0.2, 0) is 26.5 Å². The standard InChI is InChI=1S/C11H20N4O4S2/c1-3-10-12-8-11(13-10)21(18,19)15-6-4-9(5-7-15)14-20(2,16)17/h8-9,14H,3-7H2,1-2H3,(H,12,13). The molecule has 0 amide bonds. The second-order valence-electron chi connectivity index (χ2n) is 5.12. The summed E-state index contributed by atoms with van der Waals surface area (Å²) < 4.78 is 51.1. The van der Waals surface area contributed by atoms with Crippen molar-refractivity contribution in [3.8, 4) is 0 Å². The average Bonchev–Trinajstić information content (AvgIpc) is 2.87. The summed E-state index contributed by atoms with van der Waals surface area (Å²) in [7, 11) is -6.84. The summed E-state index contributed by atoms with van der Waals surface area (Å²) in [6, 6.07) is -0.209. The molecule has 1 aromatic heterocycles. The van der Waals surface area contributed by atoms with Crippen LogP contribution in [0.15, 0.2) is 11.2 Å². The van der Waals surface area contributed by atoms with Crippen LogP contribution >= 0.6 is 0 Å². The van der Waals surface area contributed by atoms with Crippen LogP contribution in [0.3, 0.4) is 0 Å². The molecule has 0 unspecified atom stereocenters. The molecule has 2 rings (SSSR count). The quantitative estimate of drug-likeness (QED) is 0.765. The number of nitrogens with one attached hydrogen (secondary N) is 2. The lowest BCUT2D eigenvalue weighted by atomic mass is 10.1. The van der Waals surface area contributed by atoms with E-state index in [4.69, 9.17) is 0 Å². The molecule has 8 nitrogen and oxygen atoms in total. The van der Waals surface area contributed by atoms with E-state index >= 15 is 0 Å². The fourth-order valence-corrected chi connectivity index (χ4v) is 4.55. The Labute approximate surface area is 125 Å². The smallest absolute Gasteiger partial charge is 0.260 e. The average molecular weight is 336 g/mol. The molecule has 0 aromatic carbocycles. The molecule has 1 fully saturated rings. The van der Waals surface area contributed by atoms with Crippen LogP contribution in [0.25, 0.3) is 0 Å². The molecular formula is C11H20N4O4S2. The second kappa shape index (κ2) is 6.03. The Morgan fingerprint density at radius 3 is 2.43 bits per heavy atom. The fraction of sp³-hybridized carbons (Fsp3) is 0.727. The number of imidazole rings is 1. The lowest BCUT2D eigenvalue weighted by molar-refractivity contribution is 0.308. The van der Waals surface area contributed by atoms with E-state index in [0.29, 0.717) is 25.1 Å². The van der Waals surface area contributed by atoms with Crippen molar-refractivity contribution in [1.82, 2.24) is 19.0 Å². The van der Waals surface area contributed by atoms with E-state index in [1.807, 2.05) is 6.92 Å². The molecule has 0 spiro atoms. The van der Waals surface area contributed by atoms with E-state index in [2.05, 4.69) is 14.7 Å². The molecule has 0 aliphatic carbocycles. The van der Waals surface area contributed by atoms with Gasteiger partial charge in [0.05, 0.1) is 12.5 Å². The van der Waals surface area contributed by atoms with Gasteiger partial charge in [0, 0.05) is 25.6 Å². The van der Waals surface area contributed by atoms with Gasteiger partial charge in [-0.2, -0.15) is 4.31 Å². The number of hydrogen-bond donors (Lipinski definition) is 2. The van der Waals surface area contributed by atoms with E-state index in [-0.39, 0.29) is 24.2 Å². The second-order valence-corrected chi connectivity index (χ2v) is 8.80. The summed E-state index contributed by atoms with van der Waals surface area (Å²) in [5.74, 6) is 0.627. The molecule has 10 heteroatoms. The Kier molecular flexibility index (Phi) is 4.71. The van der Waals surface area contributed by atoms with Crippen LogP contribution in [0.4, 0.5) is 0 Å². The van der Waals surface area contributed by atoms with Crippen LogP contribution in [-0.4, -0.2) is 56.5 Å². The van der Waals surface area contributed by atoms with Gasteiger partial charge in [-0.05, 0) is 12.8 Å². The number of rotatable bonds is 5. The predicted octanol–water partition coefficient (Wildman–Crippen LogP) is -0.326. The Bertz CT molecular complexity index is 688. The minimum Gasteiger partial charge on any atom is -0.332 e. The Morgan fingerprint density at radius 2 is 1.95 bits per heavy atom. The van der Waals surface area contributed by atoms with Gasteiger partial charge in [0.2, 0.25) is 10.0 Å². The summed E-state index contributed by atoms with van der Waals surface area (Å²) >= 11 is 0. The summed E-state index contributed by atoms with van der Waals surface area (Å²) in [6.07, 6.45) is 3.99. The number of aromatic amines is 1. The molecule has 2 N–H and O–H groups in total. The maximum atomic E-state index is 12.4. The zero-order chi connectivity index (χ0) is 15.7. The number of aryl methyl sites for hydroxylation is 1. The topological polar surface area (TPSA) is 112 Å². The van der Waals surface area contributed by atoms with Crippen molar-refractivity contribution >= 4 is 20.0 Å². The normalized spacial score (nSPS) is 19.0. The van der Waals surface area contributed by atoms with Gasteiger partial charge in [0.25, 0.3) is 10.0 Å². The molecule has 21 heavy (non-hydrogen) atoms. The lowest BCUT2D eigenvalue weighted by Crippen LogP contribution is -2.46. The number of H-pyrrole nitrogens is 1. The van der Waals surface area contributed by atoms with Gasteiger partial charge in [-0.15, -0.1) is 0 Å². The summed E-state index contributed by atoms with van der Waals surface area (Å²) in [6.45, 7) is 2.46. The van der Waals surface area contributed by atoms with Gasteiger partial charge in [-0.1, -0.05) is 6.92 Å². The van der Waals surface area contributed by atoms with Gasteiger partial charge in [-0.25, -0.2) is 26.5 Å². The molecule has 1 aromatic rings. The number of nitrogens with zero attached hydrogens (tertiary/aromatic N) is 2. The van der Waals surface area contributed by atoms with Crippen LogP contribution in [0, 0.1) is 0 Å². The molecule has 0 radical (unpaired) electrons.